The molecule has 2 rings (SSSR count). The minimum atomic E-state index is -1.03. The number of aromatic nitrogens is 1. The van der Waals surface area contributed by atoms with Crippen LogP contribution >= 0.6 is 0 Å². The molecule has 1 aliphatic rings. The Kier molecular flexibility index (Phi) is 7.81. The molecule has 9 heteroatoms. The highest BCUT2D eigenvalue weighted by Crippen LogP contribution is 2.27. The Labute approximate surface area is 158 Å². The van der Waals surface area contributed by atoms with Crippen LogP contribution < -0.4 is 10.1 Å². The van der Waals surface area contributed by atoms with Crippen LogP contribution in [0.3, 0.4) is 0 Å². The summed E-state index contributed by atoms with van der Waals surface area (Å²) in [5.41, 5.74) is -0.251. The number of esters is 1. The average Bonchev–Trinajstić information content (AvgIpc) is 2.70. The third-order valence-electron chi connectivity index (χ3n) is 3.97. The van der Waals surface area contributed by atoms with E-state index < -0.39 is 23.7 Å². The second kappa shape index (κ2) is 10.1. The molecule has 2 N–H and O–H groups in total. The van der Waals surface area contributed by atoms with Crippen LogP contribution in [0.25, 0.3) is 0 Å². The molecule has 1 saturated heterocycles. The van der Waals surface area contributed by atoms with Crippen LogP contribution in [-0.4, -0.2) is 67.1 Å². The summed E-state index contributed by atoms with van der Waals surface area (Å²) < 4.78 is 21.6. The fraction of sp³-hybridized carbons (Fsp3) is 0.611. The summed E-state index contributed by atoms with van der Waals surface area (Å²) in [5.74, 6) is -1.65. The third-order valence-corrected chi connectivity index (χ3v) is 3.97. The molecule has 27 heavy (non-hydrogen) atoms. The Morgan fingerprint density at radius 3 is 2.93 bits per heavy atom. The Bertz CT molecular complexity index is 653. The van der Waals surface area contributed by atoms with Gasteiger partial charge in [-0.15, -0.1) is 0 Å². The number of amides is 1. The van der Waals surface area contributed by atoms with E-state index >= 15 is 0 Å². The molecule has 1 aromatic heterocycles. The van der Waals surface area contributed by atoms with Crippen molar-refractivity contribution in [3.63, 3.8) is 0 Å². The van der Waals surface area contributed by atoms with Gasteiger partial charge in [0, 0.05) is 25.3 Å². The average molecular weight is 382 g/mol. The first-order valence-corrected chi connectivity index (χ1v) is 8.88. The number of pyridine rings is 1. The smallest absolute Gasteiger partial charge is 0.331 e. The monoisotopic (exact) mass is 382 g/mol. The zero-order valence-electron chi connectivity index (χ0n) is 15.8. The molecular weight excluding hydrogens is 356 g/mol. The van der Waals surface area contributed by atoms with Gasteiger partial charge in [-0.25, -0.2) is 9.78 Å². The van der Waals surface area contributed by atoms with E-state index in [-0.39, 0.29) is 36.9 Å². The maximum absolute atomic E-state index is 12.4. The van der Waals surface area contributed by atoms with Gasteiger partial charge in [0.1, 0.15) is 6.10 Å². The molecule has 1 fully saturated rings. The first-order chi connectivity index (χ1) is 13.0. The molecular formula is C18H26N2O7. The number of hydrogen-bond donors (Lipinski definition) is 2. The number of nitrogens with zero attached hydrogens (tertiary/aromatic N) is 1. The second-order valence-corrected chi connectivity index (χ2v) is 6.25. The molecule has 2 unspecified atom stereocenters. The number of hydrogen-bond acceptors (Lipinski definition) is 8. The van der Waals surface area contributed by atoms with Gasteiger partial charge in [-0.05, 0) is 13.3 Å². The van der Waals surface area contributed by atoms with Gasteiger partial charge in [-0.1, -0.05) is 6.92 Å². The summed E-state index contributed by atoms with van der Waals surface area (Å²) in [5, 5.41) is 12.5. The van der Waals surface area contributed by atoms with Gasteiger partial charge in [0.15, 0.2) is 23.2 Å². The lowest BCUT2D eigenvalue weighted by Crippen LogP contribution is -2.45. The van der Waals surface area contributed by atoms with Crippen LogP contribution in [0.1, 0.15) is 37.2 Å². The van der Waals surface area contributed by atoms with E-state index in [0.29, 0.717) is 13.0 Å². The molecule has 150 valence electrons. The van der Waals surface area contributed by atoms with Crippen molar-refractivity contribution in [3.05, 3.63) is 18.0 Å². The van der Waals surface area contributed by atoms with Gasteiger partial charge in [-0.2, -0.15) is 0 Å². The van der Waals surface area contributed by atoms with E-state index in [1.165, 1.54) is 19.4 Å². The van der Waals surface area contributed by atoms with Crippen molar-refractivity contribution in [1.82, 2.24) is 10.3 Å². The molecule has 0 spiro atoms. The molecule has 9 nitrogen and oxygen atoms in total. The van der Waals surface area contributed by atoms with E-state index in [1.54, 1.807) is 6.92 Å². The van der Waals surface area contributed by atoms with Crippen molar-refractivity contribution < 1.29 is 33.6 Å². The van der Waals surface area contributed by atoms with Gasteiger partial charge >= 0.3 is 5.97 Å². The van der Waals surface area contributed by atoms with E-state index in [9.17, 15) is 14.7 Å². The van der Waals surface area contributed by atoms with E-state index in [1.807, 2.05) is 6.92 Å². The normalized spacial score (nSPS) is 23.5. The molecule has 1 aromatic rings. The highest BCUT2D eigenvalue weighted by molar-refractivity contribution is 5.98. The summed E-state index contributed by atoms with van der Waals surface area (Å²) in [6, 6.07) is 0.388. The summed E-state index contributed by atoms with van der Waals surface area (Å²) in [6.07, 6.45) is 2.13. The fourth-order valence-electron chi connectivity index (χ4n) is 2.65. The summed E-state index contributed by atoms with van der Waals surface area (Å²) >= 11 is 0. The molecule has 0 saturated carbocycles. The Morgan fingerprint density at radius 1 is 1.44 bits per heavy atom. The van der Waals surface area contributed by atoms with Crippen LogP contribution in [0.5, 0.6) is 11.5 Å². The SMILES string of the molecule is CCCOC1COC[C@H](NC(=O)c2nccc(OC)c2O)C(=O)OC(C)C1. The molecule has 3 atom stereocenters. The second-order valence-electron chi connectivity index (χ2n) is 6.25. The first-order valence-electron chi connectivity index (χ1n) is 8.88. The van der Waals surface area contributed by atoms with Crippen LogP contribution in [0, 0.1) is 0 Å². The molecule has 2 heterocycles. The maximum atomic E-state index is 12.4. The summed E-state index contributed by atoms with van der Waals surface area (Å²) in [7, 11) is 1.36. The number of ether oxygens (including phenoxy) is 4. The molecule has 0 aliphatic carbocycles. The van der Waals surface area contributed by atoms with Crippen molar-refractivity contribution in [3.8, 4) is 11.5 Å². The van der Waals surface area contributed by atoms with Crippen molar-refractivity contribution in [2.24, 2.45) is 0 Å². The van der Waals surface area contributed by atoms with Crippen LogP contribution in [0.2, 0.25) is 0 Å². The highest BCUT2D eigenvalue weighted by atomic mass is 16.6. The summed E-state index contributed by atoms with van der Waals surface area (Å²) in [4.78, 5) is 28.6. The Hall–Kier alpha value is -2.39. The number of rotatable bonds is 6. The van der Waals surface area contributed by atoms with Gasteiger partial charge in [0.2, 0.25) is 0 Å². The van der Waals surface area contributed by atoms with E-state index in [4.69, 9.17) is 18.9 Å². The van der Waals surface area contributed by atoms with Gasteiger partial charge < -0.3 is 29.4 Å². The van der Waals surface area contributed by atoms with Crippen LogP contribution in [0.4, 0.5) is 0 Å². The number of cyclic esters (lactones) is 1. The van der Waals surface area contributed by atoms with Crippen molar-refractivity contribution in [1.29, 1.82) is 0 Å². The third kappa shape index (κ3) is 5.80. The van der Waals surface area contributed by atoms with Gasteiger partial charge in [0.25, 0.3) is 5.91 Å². The minimum Gasteiger partial charge on any atom is -0.503 e. The fourth-order valence-corrected chi connectivity index (χ4v) is 2.65. The maximum Gasteiger partial charge on any atom is 0.331 e. The lowest BCUT2D eigenvalue weighted by atomic mass is 10.2. The lowest BCUT2D eigenvalue weighted by molar-refractivity contribution is -0.151. The van der Waals surface area contributed by atoms with Gasteiger partial charge in [0.05, 0.1) is 26.4 Å². The molecule has 0 radical (unpaired) electrons. The standard InChI is InChI=1S/C18H26N2O7/c1-4-7-26-12-8-11(2)27-18(23)13(10-25-9-12)20-17(22)15-16(21)14(24-3)5-6-19-15/h5-6,11-13,21H,4,7-10H2,1-3H3,(H,20,22)/t11?,12?,13-/m0/s1. The minimum absolute atomic E-state index is 0.0754. The molecule has 0 aromatic carbocycles. The van der Waals surface area contributed by atoms with Crippen molar-refractivity contribution in [2.75, 3.05) is 26.9 Å². The van der Waals surface area contributed by atoms with Crippen LogP contribution in [0.15, 0.2) is 12.3 Å². The quantitative estimate of drug-likeness (QED) is 0.701. The van der Waals surface area contributed by atoms with E-state index in [2.05, 4.69) is 10.3 Å². The Morgan fingerprint density at radius 2 is 2.22 bits per heavy atom. The molecule has 1 amide bonds. The zero-order chi connectivity index (χ0) is 19.8. The summed E-state index contributed by atoms with van der Waals surface area (Å²) in [6.45, 7) is 4.58. The van der Waals surface area contributed by atoms with Crippen molar-refractivity contribution in [2.45, 2.75) is 44.9 Å². The van der Waals surface area contributed by atoms with E-state index in [0.717, 1.165) is 6.42 Å². The number of nitrogens with one attached hydrogen (secondary N) is 1. The lowest BCUT2D eigenvalue weighted by Gasteiger charge is -2.20. The van der Waals surface area contributed by atoms with Crippen molar-refractivity contribution >= 4 is 11.9 Å². The van der Waals surface area contributed by atoms with Gasteiger partial charge in [-0.3, -0.25) is 4.79 Å². The highest BCUT2D eigenvalue weighted by Gasteiger charge is 2.30. The Balaban J connectivity index is 2.06. The number of methoxy groups -OCH3 is 1. The largest absolute Gasteiger partial charge is 0.503 e. The number of carbonyl (C=O) groups excluding carboxylic acids is 2. The molecule has 0 bridgehead atoms. The first kappa shape index (κ1) is 20.9. The predicted octanol–water partition coefficient (Wildman–Crippen LogP) is 1.04. The number of aromatic hydroxyl groups is 1. The topological polar surface area (TPSA) is 116 Å². The zero-order valence-corrected chi connectivity index (χ0v) is 15.8. The number of carbonyl (C=O) groups is 2. The van der Waals surface area contributed by atoms with Crippen LogP contribution in [-0.2, 0) is 19.0 Å². The predicted molar refractivity (Wildman–Crippen MR) is 94.7 cm³/mol. The molecule has 1 aliphatic heterocycles.